The van der Waals surface area contributed by atoms with Crippen molar-refractivity contribution in [2.24, 2.45) is 5.84 Å². The minimum atomic E-state index is 0.162. The van der Waals surface area contributed by atoms with Gasteiger partial charge in [-0.3, -0.25) is 0 Å². The standard InChI is InChI=1S/C10H19N5O2/c1-4-7(5-16-2)14-9-8(17-3)10(15-11)13-6-12-9/h6-7H,4-5,11H2,1-3H3,(H2,12,13,14,15). The molecular formula is C10H19N5O2. The summed E-state index contributed by atoms with van der Waals surface area (Å²) in [7, 11) is 3.20. The molecule has 0 fully saturated rings. The van der Waals surface area contributed by atoms with Gasteiger partial charge in [0.1, 0.15) is 6.33 Å². The maximum Gasteiger partial charge on any atom is 0.205 e. The molecule has 1 rings (SSSR count). The van der Waals surface area contributed by atoms with Gasteiger partial charge in [-0.1, -0.05) is 6.92 Å². The molecule has 96 valence electrons. The number of nitrogens with two attached hydrogens (primary N) is 1. The molecule has 1 unspecified atom stereocenters. The first-order chi connectivity index (χ1) is 8.26. The summed E-state index contributed by atoms with van der Waals surface area (Å²) in [6.07, 6.45) is 2.33. The number of hydrogen-bond acceptors (Lipinski definition) is 7. The highest BCUT2D eigenvalue weighted by atomic mass is 16.5. The van der Waals surface area contributed by atoms with Gasteiger partial charge in [-0.15, -0.1) is 0 Å². The summed E-state index contributed by atoms with van der Waals surface area (Å²) < 4.78 is 10.3. The summed E-state index contributed by atoms with van der Waals surface area (Å²) in [6, 6.07) is 0.162. The molecule has 0 radical (unpaired) electrons. The highest BCUT2D eigenvalue weighted by molar-refractivity contribution is 5.63. The molecule has 0 aliphatic carbocycles. The van der Waals surface area contributed by atoms with Crippen LogP contribution in [0.3, 0.4) is 0 Å². The Morgan fingerprint density at radius 1 is 1.35 bits per heavy atom. The Morgan fingerprint density at radius 3 is 2.59 bits per heavy atom. The number of aromatic nitrogens is 2. The van der Waals surface area contributed by atoms with Crippen molar-refractivity contribution in [3.05, 3.63) is 6.33 Å². The lowest BCUT2D eigenvalue weighted by molar-refractivity contribution is 0.184. The van der Waals surface area contributed by atoms with Gasteiger partial charge in [0.2, 0.25) is 5.75 Å². The van der Waals surface area contributed by atoms with Crippen LogP contribution in [0.5, 0.6) is 5.75 Å². The third-order valence-corrected chi connectivity index (χ3v) is 2.35. The molecule has 0 saturated carbocycles. The molecule has 7 nitrogen and oxygen atoms in total. The van der Waals surface area contributed by atoms with Gasteiger partial charge >= 0.3 is 0 Å². The molecule has 0 aliphatic heterocycles. The second-order valence-corrected chi connectivity index (χ2v) is 3.45. The van der Waals surface area contributed by atoms with E-state index in [-0.39, 0.29) is 6.04 Å². The zero-order chi connectivity index (χ0) is 12.7. The van der Waals surface area contributed by atoms with Crippen LogP contribution in [-0.2, 0) is 4.74 Å². The smallest absolute Gasteiger partial charge is 0.205 e. The maximum absolute atomic E-state index is 5.34. The Bertz CT molecular complexity index is 347. The number of nitrogens with one attached hydrogen (secondary N) is 2. The van der Waals surface area contributed by atoms with E-state index in [2.05, 4.69) is 27.6 Å². The van der Waals surface area contributed by atoms with Crippen molar-refractivity contribution in [1.29, 1.82) is 0 Å². The fraction of sp³-hybridized carbons (Fsp3) is 0.600. The van der Waals surface area contributed by atoms with Gasteiger partial charge in [0.05, 0.1) is 19.8 Å². The van der Waals surface area contributed by atoms with E-state index in [4.69, 9.17) is 15.3 Å². The number of hydrogen-bond donors (Lipinski definition) is 3. The number of methoxy groups -OCH3 is 2. The van der Waals surface area contributed by atoms with Gasteiger partial charge in [0.15, 0.2) is 11.6 Å². The predicted octanol–water partition coefficient (Wildman–Crippen LogP) is 0.608. The van der Waals surface area contributed by atoms with Gasteiger partial charge in [0.25, 0.3) is 0 Å². The Labute approximate surface area is 101 Å². The van der Waals surface area contributed by atoms with E-state index >= 15 is 0 Å². The van der Waals surface area contributed by atoms with E-state index in [1.807, 2.05) is 0 Å². The lowest BCUT2D eigenvalue weighted by Gasteiger charge is -2.18. The minimum absolute atomic E-state index is 0.162. The average Bonchev–Trinajstić information content (AvgIpc) is 2.37. The maximum atomic E-state index is 5.34. The molecule has 0 bridgehead atoms. The van der Waals surface area contributed by atoms with E-state index in [0.717, 1.165) is 6.42 Å². The van der Waals surface area contributed by atoms with Gasteiger partial charge in [-0.25, -0.2) is 15.8 Å². The summed E-state index contributed by atoms with van der Waals surface area (Å²) >= 11 is 0. The molecule has 7 heteroatoms. The van der Waals surface area contributed by atoms with Crippen molar-refractivity contribution in [3.8, 4) is 5.75 Å². The molecule has 0 amide bonds. The molecular weight excluding hydrogens is 222 g/mol. The molecule has 1 heterocycles. The number of nitrogens with zero attached hydrogens (tertiary/aromatic N) is 2. The first-order valence-corrected chi connectivity index (χ1v) is 5.37. The molecule has 0 aromatic carbocycles. The van der Waals surface area contributed by atoms with Crippen LogP contribution in [-0.4, -0.2) is 36.8 Å². The van der Waals surface area contributed by atoms with Gasteiger partial charge in [-0.05, 0) is 6.42 Å². The average molecular weight is 241 g/mol. The minimum Gasteiger partial charge on any atom is -0.490 e. The van der Waals surface area contributed by atoms with E-state index in [9.17, 15) is 0 Å². The summed E-state index contributed by atoms with van der Waals surface area (Å²) in [5.41, 5.74) is 2.46. The highest BCUT2D eigenvalue weighted by Crippen LogP contribution is 2.28. The third-order valence-electron chi connectivity index (χ3n) is 2.35. The molecule has 1 atom stereocenters. The molecule has 0 aliphatic rings. The highest BCUT2D eigenvalue weighted by Gasteiger charge is 2.14. The van der Waals surface area contributed by atoms with Crippen LogP contribution in [0.4, 0.5) is 11.6 Å². The van der Waals surface area contributed by atoms with Crippen LogP contribution >= 0.6 is 0 Å². The molecule has 4 N–H and O–H groups in total. The van der Waals surface area contributed by atoms with Gasteiger partial charge < -0.3 is 20.2 Å². The zero-order valence-electron chi connectivity index (χ0n) is 10.4. The topological polar surface area (TPSA) is 94.3 Å². The van der Waals surface area contributed by atoms with E-state index in [0.29, 0.717) is 24.0 Å². The van der Waals surface area contributed by atoms with Crippen LogP contribution in [0, 0.1) is 0 Å². The fourth-order valence-corrected chi connectivity index (χ4v) is 1.43. The zero-order valence-corrected chi connectivity index (χ0v) is 10.4. The molecule has 1 aromatic rings. The largest absolute Gasteiger partial charge is 0.490 e. The molecule has 0 spiro atoms. The Hall–Kier alpha value is -1.60. The Kier molecular flexibility index (Phi) is 5.44. The van der Waals surface area contributed by atoms with Gasteiger partial charge in [-0.2, -0.15) is 0 Å². The Balaban J connectivity index is 2.88. The molecule has 17 heavy (non-hydrogen) atoms. The number of nitrogen functional groups attached to an aromatic ring is 1. The summed E-state index contributed by atoms with van der Waals surface area (Å²) in [5.74, 6) is 6.87. The molecule has 1 aromatic heterocycles. The number of anilines is 2. The number of rotatable bonds is 7. The second-order valence-electron chi connectivity index (χ2n) is 3.45. The lowest BCUT2D eigenvalue weighted by atomic mass is 10.2. The number of ether oxygens (including phenoxy) is 2. The summed E-state index contributed by atoms with van der Waals surface area (Å²) in [4.78, 5) is 8.09. The third kappa shape index (κ3) is 3.43. The van der Waals surface area contributed by atoms with Crippen molar-refractivity contribution < 1.29 is 9.47 Å². The lowest BCUT2D eigenvalue weighted by Crippen LogP contribution is -2.25. The van der Waals surface area contributed by atoms with Crippen molar-refractivity contribution in [2.45, 2.75) is 19.4 Å². The normalized spacial score (nSPS) is 12.0. The van der Waals surface area contributed by atoms with Crippen molar-refractivity contribution in [3.63, 3.8) is 0 Å². The quantitative estimate of drug-likeness (QED) is 0.475. The predicted molar refractivity (Wildman–Crippen MR) is 66.0 cm³/mol. The summed E-state index contributed by atoms with van der Waals surface area (Å²) in [5, 5.41) is 3.23. The number of hydrazine groups is 1. The SMILES string of the molecule is CCC(COC)Nc1ncnc(NN)c1OC. The summed E-state index contributed by atoms with van der Waals surface area (Å²) in [6.45, 7) is 2.65. The van der Waals surface area contributed by atoms with E-state index in [1.54, 1.807) is 14.2 Å². The van der Waals surface area contributed by atoms with E-state index in [1.165, 1.54) is 6.33 Å². The van der Waals surface area contributed by atoms with Gasteiger partial charge in [0, 0.05) is 7.11 Å². The van der Waals surface area contributed by atoms with Crippen molar-refractivity contribution >= 4 is 11.6 Å². The van der Waals surface area contributed by atoms with Crippen LogP contribution in [0.2, 0.25) is 0 Å². The van der Waals surface area contributed by atoms with Crippen LogP contribution < -0.4 is 21.3 Å². The van der Waals surface area contributed by atoms with Crippen LogP contribution in [0.25, 0.3) is 0 Å². The van der Waals surface area contributed by atoms with Crippen molar-refractivity contribution in [1.82, 2.24) is 9.97 Å². The van der Waals surface area contributed by atoms with E-state index < -0.39 is 0 Å². The van der Waals surface area contributed by atoms with Crippen molar-refractivity contribution in [2.75, 3.05) is 31.6 Å². The van der Waals surface area contributed by atoms with Crippen LogP contribution in [0.1, 0.15) is 13.3 Å². The first kappa shape index (κ1) is 13.5. The monoisotopic (exact) mass is 241 g/mol. The fourth-order valence-electron chi connectivity index (χ4n) is 1.43. The van der Waals surface area contributed by atoms with Crippen LogP contribution in [0.15, 0.2) is 6.33 Å². The Morgan fingerprint density at radius 2 is 2.06 bits per heavy atom. The first-order valence-electron chi connectivity index (χ1n) is 5.37. The second kappa shape index (κ2) is 6.87. The molecule has 0 saturated heterocycles.